The molecule has 0 spiro atoms. The van der Waals surface area contributed by atoms with E-state index in [1.807, 2.05) is 0 Å². The van der Waals surface area contributed by atoms with E-state index < -0.39 is 17.8 Å². The van der Waals surface area contributed by atoms with Crippen LogP contribution in [0.15, 0.2) is 67.3 Å². The van der Waals surface area contributed by atoms with Gasteiger partial charge >= 0.3 is 0 Å². The highest BCUT2D eigenvalue weighted by atomic mass is 19.1. The molecule has 0 saturated heterocycles. The van der Waals surface area contributed by atoms with E-state index in [-0.39, 0.29) is 18.9 Å². The highest BCUT2D eigenvalue weighted by Crippen LogP contribution is 2.14. The zero-order valence-electron chi connectivity index (χ0n) is 15.6. The molecule has 0 fully saturated rings. The van der Waals surface area contributed by atoms with Crippen LogP contribution in [0, 0.1) is 5.82 Å². The second kappa shape index (κ2) is 9.61. The van der Waals surface area contributed by atoms with Crippen molar-refractivity contribution in [2.24, 2.45) is 0 Å². The van der Waals surface area contributed by atoms with Crippen molar-refractivity contribution >= 4 is 17.5 Å². The molecule has 3 rings (SSSR count). The van der Waals surface area contributed by atoms with Crippen LogP contribution in [0.3, 0.4) is 0 Å². The molecule has 2 amide bonds. The molecule has 1 aromatic heterocycles. The summed E-state index contributed by atoms with van der Waals surface area (Å²) in [5.74, 6) is -1.04. The zero-order chi connectivity index (χ0) is 20.6. The first-order valence-electron chi connectivity index (χ1n) is 9.08. The minimum absolute atomic E-state index is 0.0657. The number of nitrogens with one attached hydrogen (secondary N) is 2. The highest BCUT2D eigenvalue weighted by molar-refractivity contribution is 5.97. The second-order valence-corrected chi connectivity index (χ2v) is 6.46. The molecule has 3 aromatic rings. The molecule has 29 heavy (non-hydrogen) atoms. The maximum atomic E-state index is 13.2. The predicted molar refractivity (Wildman–Crippen MR) is 106 cm³/mol. The Bertz CT molecular complexity index is 976. The number of hydrogen-bond donors (Lipinski definition) is 3. The number of amides is 2. The number of anilines is 1. The third-order valence-corrected chi connectivity index (χ3v) is 4.25. The van der Waals surface area contributed by atoms with E-state index in [1.165, 1.54) is 18.2 Å². The van der Waals surface area contributed by atoms with E-state index in [0.717, 1.165) is 0 Å². The molecular formula is C21H21FN4O3. The molecule has 1 unspecified atom stereocenters. The van der Waals surface area contributed by atoms with Gasteiger partial charge in [-0.15, -0.1) is 0 Å². The minimum Gasteiger partial charge on any atom is -0.387 e. The molecule has 0 bridgehead atoms. The SMILES string of the molecule is O=C(CCn1ccnc1)Nc1cccc(C(=O)NCC(O)c2cccc(F)c2)c1. The lowest BCUT2D eigenvalue weighted by atomic mass is 10.1. The molecule has 1 heterocycles. The number of aliphatic hydroxyl groups excluding tert-OH is 1. The second-order valence-electron chi connectivity index (χ2n) is 6.46. The van der Waals surface area contributed by atoms with Crippen LogP contribution in [0.5, 0.6) is 0 Å². The fraction of sp³-hybridized carbons (Fsp3) is 0.190. The van der Waals surface area contributed by atoms with Crippen molar-refractivity contribution in [3.05, 3.63) is 84.2 Å². The molecule has 0 radical (unpaired) electrons. The van der Waals surface area contributed by atoms with Crippen molar-refractivity contribution in [2.75, 3.05) is 11.9 Å². The standard InChI is InChI=1S/C21H21FN4O3/c22-17-5-1-3-15(11-17)19(27)13-24-21(29)16-4-2-6-18(12-16)25-20(28)7-9-26-10-8-23-14-26/h1-6,8,10-12,14,19,27H,7,9,13H2,(H,24,29)(H,25,28). The zero-order valence-corrected chi connectivity index (χ0v) is 15.6. The largest absolute Gasteiger partial charge is 0.387 e. The van der Waals surface area contributed by atoms with Crippen molar-refractivity contribution in [3.8, 4) is 0 Å². The molecule has 0 aliphatic heterocycles. The van der Waals surface area contributed by atoms with Crippen molar-refractivity contribution in [1.82, 2.24) is 14.9 Å². The van der Waals surface area contributed by atoms with E-state index >= 15 is 0 Å². The minimum atomic E-state index is -1.03. The van der Waals surface area contributed by atoms with Crippen molar-refractivity contribution in [2.45, 2.75) is 19.1 Å². The lowest BCUT2D eigenvalue weighted by Crippen LogP contribution is -2.28. The molecule has 3 N–H and O–H groups in total. The van der Waals surface area contributed by atoms with Crippen LogP contribution in [-0.2, 0) is 11.3 Å². The summed E-state index contributed by atoms with van der Waals surface area (Å²) in [4.78, 5) is 28.3. The van der Waals surface area contributed by atoms with Gasteiger partial charge in [-0.25, -0.2) is 9.37 Å². The lowest BCUT2D eigenvalue weighted by Gasteiger charge is -2.13. The number of carbonyl (C=O) groups is 2. The summed E-state index contributed by atoms with van der Waals surface area (Å²) < 4.78 is 15.0. The fourth-order valence-electron chi connectivity index (χ4n) is 2.73. The number of carbonyl (C=O) groups excluding carboxylic acids is 2. The Balaban J connectivity index is 1.52. The molecule has 0 aliphatic rings. The maximum Gasteiger partial charge on any atom is 0.251 e. The number of nitrogens with zero attached hydrogens (tertiary/aromatic N) is 2. The summed E-state index contributed by atoms with van der Waals surface area (Å²) in [6.45, 7) is 0.438. The predicted octanol–water partition coefficient (Wildman–Crippen LogP) is 2.51. The van der Waals surface area contributed by atoms with Crippen LogP contribution in [0.4, 0.5) is 10.1 Å². The Morgan fingerprint density at radius 2 is 2.00 bits per heavy atom. The van der Waals surface area contributed by atoms with Gasteiger partial charge in [0.15, 0.2) is 0 Å². The summed E-state index contributed by atoms with van der Waals surface area (Å²) in [7, 11) is 0. The van der Waals surface area contributed by atoms with Crippen LogP contribution in [0.25, 0.3) is 0 Å². The number of aromatic nitrogens is 2. The number of benzene rings is 2. The van der Waals surface area contributed by atoms with Crippen LogP contribution in [0.1, 0.15) is 28.4 Å². The Kier molecular flexibility index (Phi) is 6.70. The summed E-state index contributed by atoms with van der Waals surface area (Å²) in [5.41, 5.74) is 1.21. The van der Waals surface area contributed by atoms with Gasteiger partial charge in [0.05, 0.1) is 12.4 Å². The average Bonchev–Trinajstić information content (AvgIpc) is 3.24. The van der Waals surface area contributed by atoms with Crippen LogP contribution < -0.4 is 10.6 Å². The molecule has 7 nitrogen and oxygen atoms in total. The van der Waals surface area contributed by atoms with Gasteiger partial charge in [-0.1, -0.05) is 18.2 Å². The van der Waals surface area contributed by atoms with Gasteiger partial charge in [0, 0.05) is 43.2 Å². The van der Waals surface area contributed by atoms with E-state index in [1.54, 1.807) is 53.6 Å². The first-order valence-corrected chi connectivity index (χ1v) is 9.08. The summed E-state index contributed by atoms with van der Waals surface area (Å²) in [6.07, 6.45) is 4.30. The molecule has 150 valence electrons. The normalized spacial score (nSPS) is 11.7. The average molecular weight is 396 g/mol. The monoisotopic (exact) mass is 396 g/mol. The van der Waals surface area contributed by atoms with Crippen LogP contribution in [-0.4, -0.2) is 33.0 Å². The first kappa shape index (κ1) is 20.2. The quantitative estimate of drug-likeness (QED) is 0.545. The van der Waals surface area contributed by atoms with Gasteiger partial charge in [0.25, 0.3) is 5.91 Å². The smallest absolute Gasteiger partial charge is 0.251 e. The van der Waals surface area contributed by atoms with Gasteiger partial charge in [0.1, 0.15) is 5.82 Å². The third-order valence-electron chi connectivity index (χ3n) is 4.25. The Hall–Kier alpha value is -3.52. The Labute approximate surface area is 167 Å². The van der Waals surface area contributed by atoms with Gasteiger partial charge in [-0.05, 0) is 35.9 Å². The molecule has 0 saturated carbocycles. The molecule has 0 aliphatic carbocycles. The van der Waals surface area contributed by atoms with E-state index in [9.17, 15) is 19.1 Å². The fourth-order valence-corrected chi connectivity index (χ4v) is 2.73. The van der Waals surface area contributed by atoms with E-state index in [4.69, 9.17) is 0 Å². The van der Waals surface area contributed by atoms with Crippen LogP contribution in [0.2, 0.25) is 0 Å². The van der Waals surface area contributed by atoms with E-state index in [2.05, 4.69) is 15.6 Å². The number of aryl methyl sites for hydroxylation is 1. The lowest BCUT2D eigenvalue weighted by molar-refractivity contribution is -0.116. The summed E-state index contributed by atoms with van der Waals surface area (Å²) in [6, 6.07) is 12.1. The van der Waals surface area contributed by atoms with Crippen LogP contribution >= 0.6 is 0 Å². The highest BCUT2D eigenvalue weighted by Gasteiger charge is 2.12. The van der Waals surface area contributed by atoms with Gasteiger partial charge in [0.2, 0.25) is 5.91 Å². The molecular weight excluding hydrogens is 375 g/mol. The molecule has 1 atom stereocenters. The third kappa shape index (κ3) is 5.98. The summed E-state index contributed by atoms with van der Waals surface area (Å²) in [5, 5.41) is 15.5. The molecule has 2 aromatic carbocycles. The van der Waals surface area contributed by atoms with Gasteiger partial charge in [-0.3, -0.25) is 9.59 Å². The summed E-state index contributed by atoms with van der Waals surface area (Å²) >= 11 is 0. The topological polar surface area (TPSA) is 96.2 Å². The number of aliphatic hydroxyl groups is 1. The Morgan fingerprint density at radius 3 is 2.76 bits per heavy atom. The number of rotatable bonds is 8. The van der Waals surface area contributed by atoms with Crippen molar-refractivity contribution in [1.29, 1.82) is 0 Å². The van der Waals surface area contributed by atoms with Crippen molar-refractivity contribution < 1.29 is 19.1 Å². The Morgan fingerprint density at radius 1 is 1.17 bits per heavy atom. The maximum absolute atomic E-state index is 13.2. The number of imidazole rings is 1. The first-order chi connectivity index (χ1) is 14.0. The number of hydrogen-bond acceptors (Lipinski definition) is 4. The number of halogens is 1. The van der Waals surface area contributed by atoms with Crippen molar-refractivity contribution in [3.63, 3.8) is 0 Å². The van der Waals surface area contributed by atoms with Gasteiger partial charge in [-0.2, -0.15) is 0 Å². The molecule has 8 heteroatoms. The van der Waals surface area contributed by atoms with E-state index in [0.29, 0.717) is 23.4 Å². The van der Waals surface area contributed by atoms with Gasteiger partial charge < -0.3 is 20.3 Å².